The van der Waals surface area contributed by atoms with Crippen molar-refractivity contribution in [3.05, 3.63) is 107 Å². The summed E-state index contributed by atoms with van der Waals surface area (Å²) >= 11 is 0. The molecule has 39 heavy (non-hydrogen) atoms. The normalized spacial score (nSPS) is 10.5. The maximum Gasteiger partial charge on any atom is 0.339 e. The van der Waals surface area contributed by atoms with E-state index >= 15 is 0 Å². The van der Waals surface area contributed by atoms with Crippen molar-refractivity contribution in [3.63, 3.8) is 0 Å². The molecule has 0 bridgehead atoms. The van der Waals surface area contributed by atoms with E-state index in [0.29, 0.717) is 22.5 Å². The molecule has 0 aliphatic heterocycles. The van der Waals surface area contributed by atoms with Gasteiger partial charge in [-0.15, -0.1) is 0 Å². The van der Waals surface area contributed by atoms with Gasteiger partial charge in [-0.1, -0.05) is 24.3 Å². The molecular weight excluding hydrogens is 599 g/mol. The van der Waals surface area contributed by atoms with Gasteiger partial charge >= 0.3 is 11.9 Å². The molecule has 4 rings (SSSR count). The van der Waals surface area contributed by atoms with Gasteiger partial charge in [-0.25, -0.2) is 9.59 Å². The van der Waals surface area contributed by atoms with Gasteiger partial charge in [-0.3, -0.25) is 9.98 Å². The van der Waals surface area contributed by atoms with Crippen LogP contribution in [-0.2, 0) is 20.4 Å². The molecule has 0 saturated carbocycles. The molecule has 202 valence electrons. The zero-order chi connectivity index (χ0) is 27.7. The molecule has 0 amide bonds. The average Bonchev–Trinajstić information content (AvgIpc) is 2.89. The molecular formula is C28H22N2O8Pd. The molecule has 0 saturated heterocycles. The standard InChI is InChI=1S/2C14H11NO4.Pd/c2*16-12-4-2-1-3-9(12)8-15-10-5-6-13(17)11(7-10)14(18)19;/h2*1-8,16-17H,(H,18,19);. The Bertz CT molecular complexity index is 1420. The number of hydrogen-bond donors (Lipinski definition) is 6. The van der Waals surface area contributed by atoms with Gasteiger partial charge in [0.25, 0.3) is 0 Å². The van der Waals surface area contributed by atoms with Gasteiger partial charge in [-0.2, -0.15) is 0 Å². The third kappa shape index (κ3) is 8.53. The summed E-state index contributed by atoms with van der Waals surface area (Å²) in [6.07, 6.45) is 2.85. The molecule has 4 aromatic rings. The fraction of sp³-hybridized carbons (Fsp3) is 0. The minimum atomic E-state index is -1.22. The van der Waals surface area contributed by atoms with Crippen molar-refractivity contribution in [2.24, 2.45) is 9.98 Å². The molecule has 0 unspecified atom stereocenters. The minimum Gasteiger partial charge on any atom is -0.507 e. The molecule has 0 spiro atoms. The Kier molecular flexibility index (Phi) is 10.9. The number of hydrogen-bond acceptors (Lipinski definition) is 8. The number of aromatic hydroxyl groups is 4. The topological polar surface area (TPSA) is 180 Å². The van der Waals surface area contributed by atoms with Gasteiger partial charge in [0.15, 0.2) is 0 Å². The zero-order valence-corrected chi connectivity index (χ0v) is 21.5. The number of aromatic carboxylic acids is 2. The molecule has 6 N–H and O–H groups in total. The van der Waals surface area contributed by atoms with Gasteiger partial charge in [0.05, 0.1) is 11.4 Å². The van der Waals surface area contributed by atoms with Crippen LogP contribution in [0.4, 0.5) is 11.4 Å². The van der Waals surface area contributed by atoms with E-state index in [1.165, 1.54) is 61.0 Å². The van der Waals surface area contributed by atoms with E-state index in [1.54, 1.807) is 36.4 Å². The first kappa shape index (κ1) is 30.2. The van der Waals surface area contributed by atoms with Crippen LogP contribution in [0.15, 0.2) is 94.9 Å². The minimum absolute atomic E-state index is 0. The van der Waals surface area contributed by atoms with E-state index in [2.05, 4.69) is 9.98 Å². The van der Waals surface area contributed by atoms with Crippen molar-refractivity contribution in [2.75, 3.05) is 0 Å². The molecule has 0 aliphatic carbocycles. The first-order chi connectivity index (χ1) is 18.2. The second-order valence-corrected chi connectivity index (χ2v) is 7.65. The Labute approximate surface area is 236 Å². The second-order valence-electron chi connectivity index (χ2n) is 7.65. The fourth-order valence-corrected chi connectivity index (χ4v) is 3.03. The van der Waals surface area contributed by atoms with Crippen LogP contribution in [0.25, 0.3) is 0 Å². The summed E-state index contributed by atoms with van der Waals surface area (Å²) in [5.41, 5.74) is 1.36. The molecule has 0 fully saturated rings. The first-order valence-corrected chi connectivity index (χ1v) is 10.9. The molecule has 0 radical (unpaired) electrons. The third-order valence-electron chi connectivity index (χ3n) is 5.00. The number of carboxylic acid groups (broad SMARTS) is 2. The average molecular weight is 621 g/mol. The first-order valence-electron chi connectivity index (χ1n) is 10.9. The van der Waals surface area contributed by atoms with Crippen LogP contribution in [0.2, 0.25) is 0 Å². The predicted octanol–water partition coefficient (Wildman–Crippen LogP) is 5.09. The predicted molar refractivity (Wildman–Crippen MR) is 141 cm³/mol. The molecule has 0 heterocycles. The maximum atomic E-state index is 10.9. The quantitative estimate of drug-likeness (QED) is 0.127. The maximum absolute atomic E-state index is 10.9. The summed E-state index contributed by atoms with van der Waals surface area (Å²) < 4.78 is 0. The monoisotopic (exact) mass is 620 g/mol. The molecule has 10 nitrogen and oxygen atoms in total. The largest absolute Gasteiger partial charge is 0.507 e. The van der Waals surface area contributed by atoms with Crippen LogP contribution in [-0.4, -0.2) is 55.0 Å². The van der Waals surface area contributed by atoms with Crippen molar-refractivity contribution in [2.45, 2.75) is 0 Å². The second kappa shape index (κ2) is 14.1. The van der Waals surface area contributed by atoms with Crippen LogP contribution in [0.3, 0.4) is 0 Å². The Morgan fingerprint density at radius 3 is 1.23 bits per heavy atom. The summed E-state index contributed by atoms with van der Waals surface area (Å²) in [5.74, 6) is -2.90. The summed E-state index contributed by atoms with van der Waals surface area (Å²) in [6.45, 7) is 0. The number of nitrogens with zero attached hydrogens (tertiary/aromatic N) is 2. The number of carbonyl (C=O) groups is 2. The number of rotatable bonds is 6. The van der Waals surface area contributed by atoms with Gasteiger partial charge in [0.2, 0.25) is 0 Å². The summed E-state index contributed by atoms with van der Waals surface area (Å²) in [6, 6.07) is 21.3. The molecule has 0 atom stereocenters. The molecule has 4 aromatic carbocycles. The van der Waals surface area contributed by atoms with Gasteiger partial charge in [0, 0.05) is 44.0 Å². The SMILES string of the molecule is O=C(O)c1cc(N=Cc2ccccc2O)ccc1O.O=C(O)c1cc(N=Cc2ccccc2O)ccc1O.[Pd]. The van der Waals surface area contributed by atoms with E-state index in [1.807, 2.05) is 0 Å². The Morgan fingerprint density at radius 1 is 0.538 bits per heavy atom. The van der Waals surface area contributed by atoms with Crippen LogP contribution < -0.4 is 0 Å². The van der Waals surface area contributed by atoms with Crippen molar-refractivity contribution in [1.29, 1.82) is 0 Å². The summed E-state index contributed by atoms with van der Waals surface area (Å²) in [5, 5.41) is 55.6. The summed E-state index contributed by atoms with van der Waals surface area (Å²) in [7, 11) is 0. The third-order valence-corrected chi connectivity index (χ3v) is 5.00. The smallest absolute Gasteiger partial charge is 0.339 e. The molecule has 0 aliphatic rings. The van der Waals surface area contributed by atoms with Crippen molar-refractivity contribution in [1.82, 2.24) is 0 Å². The summed E-state index contributed by atoms with van der Waals surface area (Å²) in [4.78, 5) is 29.8. The zero-order valence-electron chi connectivity index (χ0n) is 19.9. The van der Waals surface area contributed by atoms with E-state index < -0.39 is 11.9 Å². The van der Waals surface area contributed by atoms with Crippen molar-refractivity contribution < 1.29 is 60.7 Å². The van der Waals surface area contributed by atoms with E-state index in [-0.39, 0.29) is 54.5 Å². The number of benzene rings is 4. The van der Waals surface area contributed by atoms with E-state index in [9.17, 15) is 30.0 Å². The Morgan fingerprint density at radius 2 is 0.897 bits per heavy atom. The number of phenols is 4. The molecule has 11 heteroatoms. The number of phenolic OH excluding ortho intramolecular Hbond substituents is 2. The number of para-hydroxylation sites is 2. The fourth-order valence-electron chi connectivity index (χ4n) is 3.03. The van der Waals surface area contributed by atoms with Gasteiger partial charge in [-0.05, 0) is 60.7 Å². The van der Waals surface area contributed by atoms with Crippen molar-refractivity contribution in [3.8, 4) is 23.0 Å². The molecule has 0 aromatic heterocycles. The van der Waals surface area contributed by atoms with Crippen LogP contribution in [0, 0.1) is 0 Å². The van der Waals surface area contributed by atoms with Crippen LogP contribution in [0.5, 0.6) is 23.0 Å². The van der Waals surface area contributed by atoms with E-state index in [4.69, 9.17) is 10.2 Å². The van der Waals surface area contributed by atoms with Crippen LogP contribution in [0.1, 0.15) is 31.8 Å². The van der Waals surface area contributed by atoms with Gasteiger partial charge < -0.3 is 30.6 Å². The van der Waals surface area contributed by atoms with Crippen molar-refractivity contribution >= 4 is 35.7 Å². The van der Waals surface area contributed by atoms with E-state index in [0.717, 1.165) is 0 Å². The van der Waals surface area contributed by atoms with Crippen LogP contribution >= 0.6 is 0 Å². The number of carboxylic acids is 2. The Balaban J connectivity index is 0.000000267. The number of aliphatic imine (C=N–C) groups is 2. The Hall–Kier alpha value is -4.98. The van der Waals surface area contributed by atoms with Gasteiger partial charge in [0.1, 0.15) is 34.1 Å².